The van der Waals surface area contributed by atoms with Crippen molar-refractivity contribution < 1.29 is 9.11 Å². The number of hydrogen-bond donors (Lipinski definition) is 2. The Balaban J connectivity index is 0.000000360. The zero-order chi connectivity index (χ0) is 27.2. The molecule has 2 atom stereocenters. The number of nitrogens with one attached hydrogen (secondary N) is 2. The summed E-state index contributed by atoms with van der Waals surface area (Å²) >= 11 is 4.65. The molecular formula is C24H40Br2N6O2S2. The van der Waals surface area contributed by atoms with Crippen molar-refractivity contribution in [2.75, 3.05) is 13.1 Å². The minimum absolute atomic E-state index is 0.199. The van der Waals surface area contributed by atoms with Crippen LogP contribution in [-0.4, -0.2) is 51.6 Å². The van der Waals surface area contributed by atoms with Crippen molar-refractivity contribution >= 4 is 54.6 Å². The number of rotatable bonds is 12. The van der Waals surface area contributed by atoms with Crippen LogP contribution in [0, 0.1) is 0 Å². The van der Waals surface area contributed by atoms with Gasteiger partial charge in [0.2, 0.25) is 0 Å². The Morgan fingerprint density at radius 3 is 1.33 bits per heavy atom. The summed E-state index contributed by atoms with van der Waals surface area (Å²) in [6.07, 6.45) is 12.7. The molecule has 204 valence electrons. The van der Waals surface area contributed by atoms with Crippen LogP contribution >= 0.6 is 31.9 Å². The molecule has 0 amide bonds. The molecule has 36 heavy (non-hydrogen) atoms. The quantitative estimate of drug-likeness (QED) is 0.233. The Morgan fingerprint density at radius 1 is 0.667 bits per heavy atom. The number of hydrogen-bond acceptors (Lipinski definition) is 8. The molecule has 0 aliphatic heterocycles. The van der Waals surface area contributed by atoms with E-state index in [2.05, 4.69) is 61.2 Å². The van der Waals surface area contributed by atoms with Crippen molar-refractivity contribution in [3.05, 3.63) is 45.4 Å². The van der Waals surface area contributed by atoms with Crippen LogP contribution in [0.1, 0.15) is 78.6 Å². The fraction of sp³-hybridized carbons (Fsp3) is 0.667. The molecule has 2 rings (SSSR count). The van der Waals surface area contributed by atoms with Crippen LogP contribution in [0.15, 0.2) is 34.0 Å². The largest absolute Gasteiger partial charge is 0.598 e. The zero-order valence-electron chi connectivity index (χ0n) is 22.1. The Hall–Kier alpha value is -0.340. The number of aromatic nitrogens is 4. The molecule has 0 saturated heterocycles. The molecule has 0 aromatic carbocycles. The van der Waals surface area contributed by atoms with Gasteiger partial charge in [-0.15, -0.1) is 9.44 Å². The summed E-state index contributed by atoms with van der Waals surface area (Å²) in [5, 5.41) is 0. The molecule has 2 aromatic rings. The highest BCUT2D eigenvalue weighted by molar-refractivity contribution is 9.10. The van der Waals surface area contributed by atoms with Gasteiger partial charge in [0, 0.05) is 48.2 Å². The van der Waals surface area contributed by atoms with E-state index in [1.165, 1.54) is 0 Å². The van der Waals surface area contributed by atoms with Gasteiger partial charge in [0.1, 0.15) is 18.7 Å². The lowest BCUT2D eigenvalue weighted by atomic mass is 10.2. The maximum atomic E-state index is 11.7. The Morgan fingerprint density at radius 2 is 1.03 bits per heavy atom. The molecule has 0 bridgehead atoms. The fourth-order valence-electron chi connectivity index (χ4n) is 2.63. The number of aryl methyl sites for hydroxylation is 2. The standard InChI is InChI=1S/2C12H20BrN3OS/c2*1-12(2,3)18(17)15-7-5-4-6-10-8-14-9-11(13)16-10/h2*8-9,15H,4-7H2,1-3H3/t2*18-/m11/s1. The van der Waals surface area contributed by atoms with Crippen molar-refractivity contribution in [1.82, 2.24) is 29.4 Å². The van der Waals surface area contributed by atoms with Gasteiger partial charge in [-0.25, -0.2) is 9.97 Å². The monoisotopic (exact) mass is 666 g/mol. The second-order valence-corrected chi connectivity index (χ2v) is 15.9. The fourth-order valence-corrected chi connectivity index (χ4v) is 4.84. The zero-order valence-corrected chi connectivity index (χ0v) is 26.9. The average molecular weight is 669 g/mol. The van der Waals surface area contributed by atoms with Gasteiger partial charge in [0.15, 0.2) is 0 Å². The summed E-state index contributed by atoms with van der Waals surface area (Å²) in [5.74, 6) is 0. The topological polar surface area (TPSA) is 122 Å². The lowest BCUT2D eigenvalue weighted by Crippen LogP contribution is -2.39. The molecule has 12 heteroatoms. The maximum Gasteiger partial charge on any atom is 0.136 e. The lowest BCUT2D eigenvalue weighted by molar-refractivity contribution is 0.540. The highest BCUT2D eigenvalue weighted by atomic mass is 79.9. The molecule has 8 nitrogen and oxygen atoms in total. The predicted octanol–water partition coefficient (Wildman–Crippen LogP) is 5.23. The van der Waals surface area contributed by atoms with Crippen LogP contribution in [0.4, 0.5) is 0 Å². The van der Waals surface area contributed by atoms with Gasteiger partial charge in [-0.2, -0.15) is 0 Å². The Bertz CT molecular complexity index is 813. The van der Waals surface area contributed by atoms with Crippen molar-refractivity contribution in [1.29, 1.82) is 0 Å². The summed E-state index contributed by atoms with van der Waals surface area (Å²) in [7, 11) is 0. The molecule has 0 unspecified atom stereocenters. The van der Waals surface area contributed by atoms with Crippen molar-refractivity contribution in [3.63, 3.8) is 0 Å². The molecule has 0 saturated carbocycles. The summed E-state index contributed by atoms with van der Waals surface area (Å²) in [6, 6.07) is 0. The minimum Gasteiger partial charge on any atom is -0.598 e. The maximum absolute atomic E-state index is 11.7. The van der Waals surface area contributed by atoms with E-state index in [0.29, 0.717) is 0 Å². The van der Waals surface area contributed by atoms with Crippen LogP contribution in [-0.2, 0) is 35.6 Å². The van der Waals surface area contributed by atoms with Crippen LogP contribution in [0.3, 0.4) is 0 Å². The van der Waals surface area contributed by atoms with Gasteiger partial charge in [-0.05, 0) is 112 Å². The van der Waals surface area contributed by atoms with E-state index in [1.54, 1.807) is 24.8 Å². The van der Waals surface area contributed by atoms with Crippen molar-refractivity contribution in [3.8, 4) is 0 Å². The number of halogens is 2. The lowest BCUT2D eigenvalue weighted by Gasteiger charge is -2.23. The summed E-state index contributed by atoms with van der Waals surface area (Å²) in [4.78, 5) is 16.8. The van der Waals surface area contributed by atoms with E-state index in [-0.39, 0.29) is 9.49 Å². The molecule has 0 fully saturated rings. The van der Waals surface area contributed by atoms with E-state index < -0.39 is 22.7 Å². The molecule has 0 radical (unpaired) electrons. The summed E-state index contributed by atoms with van der Waals surface area (Å²) in [5.41, 5.74) is 1.97. The van der Waals surface area contributed by atoms with Crippen LogP contribution in [0.5, 0.6) is 0 Å². The normalized spacial score (nSPS) is 13.6. The summed E-state index contributed by atoms with van der Waals surface area (Å²) < 4.78 is 30.7. The van der Waals surface area contributed by atoms with E-state index >= 15 is 0 Å². The van der Waals surface area contributed by atoms with Crippen LogP contribution in [0.25, 0.3) is 0 Å². The number of unbranched alkanes of at least 4 members (excludes halogenated alkanes) is 2. The average Bonchev–Trinajstić information content (AvgIpc) is 2.77. The third kappa shape index (κ3) is 15.8. The van der Waals surface area contributed by atoms with E-state index in [4.69, 9.17) is 0 Å². The highest BCUT2D eigenvalue weighted by Crippen LogP contribution is 2.14. The summed E-state index contributed by atoms with van der Waals surface area (Å²) in [6.45, 7) is 13.3. The second-order valence-electron chi connectivity index (χ2n) is 10.1. The molecule has 2 N–H and O–H groups in total. The minimum atomic E-state index is -0.974. The molecule has 2 heterocycles. The molecule has 0 aliphatic carbocycles. The van der Waals surface area contributed by atoms with Crippen molar-refractivity contribution in [2.45, 2.75) is 89.6 Å². The number of nitrogens with zero attached hydrogens (tertiary/aromatic N) is 4. The third-order valence-corrected chi connectivity index (χ3v) is 8.53. The first kappa shape index (κ1) is 33.7. The first-order valence-corrected chi connectivity index (χ1v) is 15.9. The van der Waals surface area contributed by atoms with Gasteiger partial charge in [-0.3, -0.25) is 9.97 Å². The van der Waals surface area contributed by atoms with Crippen LogP contribution < -0.4 is 9.44 Å². The van der Waals surface area contributed by atoms with E-state index in [1.807, 2.05) is 41.5 Å². The van der Waals surface area contributed by atoms with Gasteiger partial charge in [0.25, 0.3) is 0 Å². The van der Waals surface area contributed by atoms with Crippen LogP contribution in [0.2, 0.25) is 0 Å². The van der Waals surface area contributed by atoms with E-state index in [9.17, 15) is 9.11 Å². The Kier molecular flexibility index (Phi) is 16.2. The second kappa shape index (κ2) is 17.3. The first-order chi connectivity index (χ1) is 16.8. The molecule has 2 aromatic heterocycles. The van der Waals surface area contributed by atoms with Gasteiger partial charge in [0.05, 0.1) is 23.8 Å². The molecule has 0 spiro atoms. The third-order valence-electron chi connectivity index (χ3n) is 4.61. The van der Waals surface area contributed by atoms with Gasteiger partial charge < -0.3 is 9.11 Å². The predicted molar refractivity (Wildman–Crippen MR) is 157 cm³/mol. The molecule has 0 aliphatic rings. The molecular weight excluding hydrogens is 628 g/mol. The van der Waals surface area contributed by atoms with Gasteiger partial charge >= 0.3 is 0 Å². The Labute approximate surface area is 240 Å². The van der Waals surface area contributed by atoms with Crippen molar-refractivity contribution in [2.24, 2.45) is 0 Å². The highest BCUT2D eigenvalue weighted by Gasteiger charge is 2.26. The van der Waals surface area contributed by atoms with E-state index in [0.717, 1.165) is 72.2 Å². The SMILES string of the molecule is CC(C)(C)[S@@+]([O-])NCCCCc1cncc(Br)n1.CC(C)(C)[S@@+]([O-])NCCCCc1cncc(Br)n1. The first-order valence-electron chi connectivity index (χ1n) is 12.0. The van der Waals surface area contributed by atoms with Gasteiger partial charge in [-0.1, -0.05) is 0 Å². The smallest absolute Gasteiger partial charge is 0.136 e.